The molecule has 2 rings (SSSR count). The molecule has 0 amide bonds. The summed E-state index contributed by atoms with van der Waals surface area (Å²) in [6, 6.07) is 0. The summed E-state index contributed by atoms with van der Waals surface area (Å²) < 4.78 is 4.90. The van der Waals surface area contributed by atoms with Gasteiger partial charge in [-0.2, -0.15) is 4.98 Å². The van der Waals surface area contributed by atoms with Crippen molar-refractivity contribution in [3.63, 3.8) is 0 Å². The van der Waals surface area contributed by atoms with E-state index in [1.54, 1.807) is 0 Å². The molecular weight excluding hydrogens is 254 g/mol. The first kappa shape index (κ1) is 15.4. The van der Waals surface area contributed by atoms with Gasteiger partial charge in [0.15, 0.2) is 5.82 Å². The predicted molar refractivity (Wildman–Crippen MR) is 70.3 cm³/mol. The van der Waals surface area contributed by atoms with Crippen molar-refractivity contribution < 1.29 is 9.63 Å². The maximum absolute atomic E-state index is 8.88. The van der Waals surface area contributed by atoms with E-state index in [0.717, 1.165) is 19.3 Å². The third kappa shape index (κ3) is 2.53. The summed E-state index contributed by atoms with van der Waals surface area (Å²) in [6.45, 7) is 6.33. The molecule has 0 unspecified atom stereocenters. The highest BCUT2D eigenvalue weighted by Gasteiger charge is 2.49. The van der Waals surface area contributed by atoms with Crippen LogP contribution in [0.1, 0.15) is 45.3 Å². The van der Waals surface area contributed by atoms with E-state index in [4.69, 9.17) is 15.4 Å². The van der Waals surface area contributed by atoms with Gasteiger partial charge in [-0.15, -0.1) is 12.4 Å². The van der Waals surface area contributed by atoms with Gasteiger partial charge in [0, 0.05) is 12.0 Å². The molecule has 3 N–H and O–H groups in total. The fraction of sp³-hybridized carbons (Fsp3) is 0.833. The van der Waals surface area contributed by atoms with Crippen molar-refractivity contribution in [2.45, 2.75) is 52.2 Å². The maximum Gasteiger partial charge on any atom is 0.252 e. The van der Waals surface area contributed by atoms with Crippen LogP contribution >= 0.6 is 12.4 Å². The number of aromatic nitrogens is 2. The molecule has 1 fully saturated rings. The number of halogens is 1. The number of nitrogens with zero attached hydrogens (tertiary/aromatic N) is 2. The monoisotopic (exact) mass is 275 g/mol. The molecule has 5 nitrogen and oxygen atoms in total. The Labute approximate surface area is 114 Å². The van der Waals surface area contributed by atoms with Crippen molar-refractivity contribution in [3.8, 4) is 0 Å². The van der Waals surface area contributed by atoms with Crippen LogP contribution in [0.4, 0.5) is 0 Å². The van der Waals surface area contributed by atoms with Gasteiger partial charge >= 0.3 is 0 Å². The van der Waals surface area contributed by atoms with E-state index >= 15 is 0 Å². The second kappa shape index (κ2) is 5.15. The van der Waals surface area contributed by atoms with Crippen LogP contribution in [0, 0.1) is 11.3 Å². The van der Waals surface area contributed by atoms with E-state index in [0.29, 0.717) is 11.7 Å². The van der Waals surface area contributed by atoms with E-state index in [-0.39, 0.29) is 35.9 Å². The number of nitrogens with two attached hydrogens (primary N) is 1. The Morgan fingerprint density at radius 3 is 2.56 bits per heavy atom. The minimum Gasteiger partial charge on any atom is -0.387 e. The largest absolute Gasteiger partial charge is 0.387 e. The van der Waals surface area contributed by atoms with Gasteiger partial charge in [0.05, 0.1) is 0 Å². The van der Waals surface area contributed by atoms with Gasteiger partial charge in [-0.1, -0.05) is 19.0 Å². The van der Waals surface area contributed by atoms with Gasteiger partial charge in [-0.25, -0.2) is 0 Å². The first-order chi connectivity index (χ1) is 7.87. The Bertz CT molecular complexity index is 404. The number of hydrogen-bond acceptors (Lipinski definition) is 5. The molecule has 0 spiro atoms. The highest BCUT2D eigenvalue weighted by atomic mass is 35.5. The maximum atomic E-state index is 8.88. The smallest absolute Gasteiger partial charge is 0.252 e. The molecule has 104 valence electrons. The van der Waals surface area contributed by atoms with E-state index in [9.17, 15) is 0 Å². The van der Waals surface area contributed by atoms with Crippen molar-refractivity contribution in [2.75, 3.05) is 0 Å². The number of rotatable bonds is 3. The molecular formula is C12H22ClN3O2. The lowest BCUT2D eigenvalue weighted by Crippen LogP contribution is -2.48. The minimum absolute atomic E-state index is 0. The average Bonchev–Trinajstić information content (AvgIpc) is 2.77. The van der Waals surface area contributed by atoms with Crippen LogP contribution in [0.15, 0.2) is 4.52 Å². The van der Waals surface area contributed by atoms with E-state index in [2.05, 4.69) is 30.9 Å². The van der Waals surface area contributed by atoms with Crippen LogP contribution in [-0.2, 0) is 13.0 Å². The predicted octanol–water partition coefficient (Wildman–Crippen LogP) is 1.68. The quantitative estimate of drug-likeness (QED) is 0.877. The van der Waals surface area contributed by atoms with Gasteiger partial charge in [0.1, 0.15) is 6.61 Å². The van der Waals surface area contributed by atoms with Crippen molar-refractivity contribution in [2.24, 2.45) is 17.1 Å². The van der Waals surface area contributed by atoms with Crippen LogP contribution in [-0.4, -0.2) is 20.8 Å². The highest BCUT2D eigenvalue weighted by Crippen LogP contribution is 2.49. The molecule has 0 aliphatic heterocycles. The second-order valence-electron chi connectivity index (χ2n) is 5.84. The van der Waals surface area contributed by atoms with Crippen LogP contribution < -0.4 is 5.73 Å². The Kier molecular flexibility index (Phi) is 4.41. The molecule has 18 heavy (non-hydrogen) atoms. The van der Waals surface area contributed by atoms with Crippen molar-refractivity contribution in [1.29, 1.82) is 0 Å². The van der Waals surface area contributed by atoms with E-state index < -0.39 is 0 Å². The molecule has 0 radical (unpaired) electrons. The lowest BCUT2D eigenvalue weighted by Gasteiger charge is -2.38. The fourth-order valence-corrected chi connectivity index (χ4v) is 2.64. The normalized spacial score (nSPS) is 30.2. The standard InChI is InChI=1S/C12H21N3O2.ClH/c1-11(2)8(4-5-12(11,3)13)6-9-14-10(7-16)17-15-9;/h8,16H,4-7,13H2,1-3H3;1H/t8-,12-;/m0./s1. The van der Waals surface area contributed by atoms with Crippen molar-refractivity contribution in [1.82, 2.24) is 10.1 Å². The Morgan fingerprint density at radius 2 is 2.11 bits per heavy atom. The van der Waals surface area contributed by atoms with Gasteiger partial charge in [0.2, 0.25) is 0 Å². The molecule has 1 aliphatic carbocycles. The number of aliphatic hydroxyl groups is 1. The zero-order valence-corrected chi connectivity index (χ0v) is 12.0. The zero-order valence-electron chi connectivity index (χ0n) is 11.1. The van der Waals surface area contributed by atoms with Crippen molar-refractivity contribution in [3.05, 3.63) is 11.7 Å². The Hall–Kier alpha value is -0.650. The first-order valence-electron chi connectivity index (χ1n) is 6.08. The second-order valence-corrected chi connectivity index (χ2v) is 5.84. The molecule has 1 aromatic heterocycles. The van der Waals surface area contributed by atoms with Crippen LogP contribution in [0.25, 0.3) is 0 Å². The molecule has 1 aromatic rings. The van der Waals surface area contributed by atoms with E-state index in [1.807, 2.05) is 0 Å². The number of aliphatic hydroxyl groups excluding tert-OH is 1. The third-order valence-electron chi connectivity index (χ3n) is 4.58. The van der Waals surface area contributed by atoms with Gasteiger partial charge in [0.25, 0.3) is 5.89 Å². The Balaban J connectivity index is 0.00000162. The lowest BCUT2D eigenvalue weighted by molar-refractivity contribution is 0.162. The topological polar surface area (TPSA) is 85.2 Å². The summed E-state index contributed by atoms with van der Waals surface area (Å²) in [6.07, 6.45) is 2.88. The van der Waals surface area contributed by atoms with Crippen molar-refractivity contribution >= 4 is 12.4 Å². The summed E-state index contributed by atoms with van der Waals surface area (Å²) in [4.78, 5) is 4.14. The molecule has 0 aromatic carbocycles. The molecule has 1 heterocycles. The Morgan fingerprint density at radius 1 is 1.44 bits per heavy atom. The highest BCUT2D eigenvalue weighted by molar-refractivity contribution is 5.85. The SMILES string of the molecule is CC1(C)[C@H](Cc2noc(CO)n2)CC[C@]1(C)N.Cl. The van der Waals surface area contributed by atoms with Gasteiger partial charge in [-0.05, 0) is 31.1 Å². The molecule has 1 saturated carbocycles. The van der Waals surface area contributed by atoms with Gasteiger partial charge in [-0.3, -0.25) is 0 Å². The zero-order chi connectivity index (χ0) is 12.7. The summed E-state index contributed by atoms with van der Waals surface area (Å²) >= 11 is 0. The molecule has 2 atom stereocenters. The van der Waals surface area contributed by atoms with Crippen LogP contribution in [0.2, 0.25) is 0 Å². The van der Waals surface area contributed by atoms with Crippen LogP contribution in [0.5, 0.6) is 0 Å². The van der Waals surface area contributed by atoms with E-state index in [1.165, 1.54) is 0 Å². The van der Waals surface area contributed by atoms with Gasteiger partial charge < -0.3 is 15.4 Å². The molecule has 1 aliphatic rings. The molecule has 6 heteroatoms. The number of hydrogen-bond donors (Lipinski definition) is 2. The lowest BCUT2D eigenvalue weighted by atomic mass is 9.71. The summed E-state index contributed by atoms with van der Waals surface area (Å²) in [7, 11) is 0. The molecule has 0 saturated heterocycles. The third-order valence-corrected chi connectivity index (χ3v) is 4.58. The fourth-order valence-electron chi connectivity index (χ4n) is 2.64. The van der Waals surface area contributed by atoms with Crippen LogP contribution in [0.3, 0.4) is 0 Å². The first-order valence-corrected chi connectivity index (χ1v) is 6.08. The summed E-state index contributed by atoms with van der Waals surface area (Å²) in [5.74, 6) is 1.41. The summed E-state index contributed by atoms with van der Waals surface area (Å²) in [5.41, 5.74) is 6.25. The summed E-state index contributed by atoms with van der Waals surface area (Å²) in [5, 5.41) is 12.8. The molecule has 0 bridgehead atoms. The minimum atomic E-state index is -0.199. The average molecular weight is 276 g/mol.